The molecule has 0 spiro atoms. The van der Waals surface area contributed by atoms with E-state index in [0.717, 1.165) is 11.5 Å². The number of benzene rings is 2. The molecular formula is C24H22F6N4O4S2. The molecule has 2 atom stereocenters. The van der Waals surface area contributed by atoms with Crippen LogP contribution in [0.4, 0.5) is 49.1 Å². The van der Waals surface area contributed by atoms with Gasteiger partial charge in [-0.1, -0.05) is 0 Å². The van der Waals surface area contributed by atoms with E-state index in [-0.39, 0.29) is 28.2 Å². The third-order valence-electron chi connectivity index (χ3n) is 6.80. The van der Waals surface area contributed by atoms with E-state index in [1.54, 1.807) is 6.07 Å². The van der Waals surface area contributed by atoms with Crippen molar-refractivity contribution in [3.05, 3.63) is 35.4 Å². The van der Waals surface area contributed by atoms with Crippen LogP contribution in [0.2, 0.25) is 0 Å². The summed E-state index contributed by atoms with van der Waals surface area (Å²) in [5.41, 5.74) is -5.90. The van der Waals surface area contributed by atoms with E-state index in [4.69, 9.17) is 0 Å². The second kappa shape index (κ2) is 9.92. The molecule has 2 aromatic rings. The van der Waals surface area contributed by atoms with Gasteiger partial charge in [0.1, 0.15) is 0 Å². The molecule has 4 aliphatic rings. The topological polar surface area (TPSA) is 123 Å². The molecule has 0 saturated carbocycles. The molecule has 16 heteroatoms. The molecule has 0 fully saturated rings. The van der Waals surface area contributed by atoms with Crippen LogP contribution in [-0.2, 0) is 20.8 Å². The molecule has 4 heterocycles. The molecule has 0 saturated heterocycles. The SMILES string of the molecule is O=C1CC(O)(C(F)(F)F)c2c(ccc3c2NCCS3)N1.O=C1CC(O)(C(F)(F)F)c2cc3c(cc2N1)NCCS3. The van der Waals surface area contributed by atoms with Crippen molar-refractivity contribution in [1.29, 1.82) is 0 Å². The Bertz CT molecular complexity index is 1380. The largest absolute Gasteiger partial charge is 0.422 e. The monoisotopic (exact) mass is 608 g/mol. The van der Waals surface area contributed by atoms with Crippen molar-refractivity contribution in [2.24, 2.45) is 0 Å². The lowest BCUT2D eigenvalue weighted by Gasteiger charge is -2.38. The number of hydrogen-bond acceptors (Lipinski definition) is 8. The maximum Gasteiger partial charge on any atom is 0.422 e. The predicted molar refractivity (Wildman–Crippen MR) is 138 cm³/mol. The zero-order chi connectivity index (χ0) is 29.1. The molecule has 6 N–H and O–H groups in total. The lowest BCUT2D eigenvalue weighted by molar-refractivity contribution is -0.267. The number of alkyl halides is 6. The van der Waals surface area contributed by atoms with Gasteiger partial charge in [-0.2, -0.15) is 26.3 Å². The van der Waals surface area contributed by atoms with Crippen molar-refractivity contribution in [2.45, 2.75) is 46.2 Å². The molecule has 0 radical (unpaired) electrons. The first-order chi connectivity index (χ1) is 18.6. The Morgan fingerprint density at radius 3 is 1.95 bits per heavy atom. The summed E-state index contributed by atoms with van der Waals surface area (Å²) in [6, 6.07) is 5.81. The quantitative estimate of drug-likeness (QED) is 0.240. The fourth-order valence-electron chi connectivity index (χ4n) is 4.91. The van der Waals surface area contributed by atoms with E-state index in [1.807, 2.05) is 0 Å². The highest BCUT2D eigenvalue weighted by Gasteiger charge is 2.60. The Morgan fingerprint density at radius 1 is 0.725 bits per heavy atom. The Labute approximate surface area is 231 Å². The first-order valence-electron chi connectivity index (χ1n) is 11.9. The summed E-state index contributed by atoms with van der Waals surface area (Å²) in [7, 11) is 0. The lowest BCUT2D eigenvalue weighted by atomic mass is 9.84. The van der Waals surface area contributed by atoms with Gasteiger partial charge < -0.3 is 31.5 Å². The van der Waals surface area contributed by atoms with Gasteiger partial charge in [-0.3, -0.25) is 9.59 Å². The Morgan fingerprint density at radius 2 is 1.30 bits per heavy atom. The Kier molecular flexibility index (Phi) is 7.12. The maximum atomic E-state index is 13.3. The fourth-order valence-corrected chi connectivity index (χ4v) is 6.73. The van der Waals surface area contributed by atoms with Crippen LogP contribution in [0.5, 0.6) is 0 Å². The normalized spacial score (nSPS) is 25.3. The summed E-state index contributed by atoms with van der Waals surface area (Å²) < 4.78 is 79.3. The zero-order valence-electron chi connectivity index (χ0n) is 20.3. The third kappa shape index (κ3) is 4.84. The predicted octanol–water partition coefficient (Wildman–Crippen LogP) is 4.59. The molecule has 216 valence electrons. The highest BCUT2D eigenvalue weighted by Crippen LogP contribution is 2.53. The Hall–Kier alpha value is -2.82. The first kappa shape index (κ1) is 28.7. The van der Waals surface area contributed by atoms with E-state index in [1.165, 1.54) is 41.7 Å². The first-order valence-corrected chi connectivity index (χ1v) is 13.9. The molecule has 2 aromatic carbocycles. The van der Waals surface area contributed by atoms with E-state index >= 15 is 0 Å². The number of fused-ring (bicyclic) bond motifs is 5. The van der Waals surface area contributed by atoms with Crippen molar-refractivity contribution in [1.82, 2.24) is 0 Å². The fraction of sp³-hybridized carbons (Fsp3) is 0.417. The minimum absolute atomic E-state index is 0.00910. The smallest absolute Gasteiger partial charge is 0.383 e. The second-order valence-corrected chi connectivity index (χ2v) is 11.7. The molecule has 2 unspecified atom stereocenters. The lowest BCUT2D eigenvalue weighted by Crippen LogP contribution is -2.49. The number of amides is 2. The molecule has 4 aliphatic heterocycles. The van der Waals surface area contributed by atoms with Crippen LogP contribution >= 0.6 is 23.5 Å². The van der Waals surface area contributed by atoms with Crippen LogP contribution in [0.15, 0.2) is 34.1 Å². The van der Waals surface area contributed by atoms with Gasteiger partial charge >= 0.3 is 12.4 Å². The number of rotatable bonds is 0. The van der Waals surface area contributed by atoms with Crippen LogP contribution in [0, 0.1) is 0 Å². The minimum atomic E-state index is -4.92. The number of anilines is 4. The number of carbonyl (C=O) groups is 2. The van der Waals surface area contributed by atoms with Crippen LogP contribution < -0.4 is 21.3 Å². The summed E-state index contributed by atoms with van der Waals surface area (Å²) >= 11 is 2.84. The van der Waals surface area contributed by atoms with Gasteiger partial charge in [-0.25, -0.2) is 0 Å². The van der Waals surface area contributed by atoms with Crippen LogP contribution in [-0.4, -0.2) is 59.0 Å². The van der Waals surface area contributed by atoms with Crippen LogP contribution in [0.25, 0.3) is 0 Å². The average molecular weight is 609 g/mol. The summed E-state index contributed by atoms with van der Waals surface area (Å²) in [6.07, 6.45) is -11.9. The van der Waals surface area contributed by atoms with Gasteiger partial charge in [-0.15, -0.1) is 23.5 Å². The summed E-state index contributed by atoms with van der Waals surface area (Å²) in [6.45, 7) is 1.21. The number of nitrogens with one attached hydrogen (secondary N) is 4. The maximum absolute atomic E-state index is 13.3. The van der Waals surface area contributed by atoms with Crippen molar-refractivity contribution in [2.75, 3.05) is 45.9 Å². The summed E-state index contributed by atoms with van der Waals surface area (Å²) in [5.74, 6) is -0.216. The van der Waals surface area contributed by atoms with Gasteiger partial charge in [0.15, 0.2) is 11.2 Å². The van der Waals surface area contributed by atoms with Crippen molar-refractivity contribution >= 4 is 58.1 Å². The van der Waals surface area contributed by atoms with Gasteiger partial charge in [0.25, 0.3) is 0 Å². The van der Waals surface area contributed by atoms with Gasteiger partial charge in [0.2, 0.25) is 11.8 Å². The van der Waals surface area contributed by atoms with Crippen LogP contribution in [0.3, 0.4) is 0 Å². The number of aliphatic hydroxyl groups is 2. The van der Waals surface area contributed by atoms with Gasteiger partial charge in [-0.05, 0) is 24.3 Å². The van der Waals surface area contributed by atoms with E-state index < -0.39 is 48.2 Å². The Balaban J connectivity index is 0.000000161. The number of carbonyl (C=O) groups excluding carboxylic acids is 2. The number of thioether (sulfide) groups is 2. The minimum Gasteiger partial charge on any atom is -0.383 e. The van der Waals surface area contributed by atoms with Gasteiger partial charge in [0, 0.05) is 62.6 Å². The number of hydrogen-bond donors (Lipinski definition) is 6. The molecule has 0 aromatic heterocycles. The van der Waals surface area contributed by atoms with Crippen molar-refractivity contribution in [3.63, 3.8) is 0 Å². The van der Waals surface area contributed by atoms with Gasteiger partial charge in [0.05, 0.1) is 18.5 Å². The summed E-state index contributed by atoms with van der Waals surface area (Å²) in [4.78, 5) is 24.2. The van der Waals surface area contributed by atoms with Crippen LogP contribution in [0.1, 0.15) is 24.0 Å². The molecule has 2 amide bonds. The highest BCUT2D eigenvalue weighted by atomic mass is 32.2. The molecule has 0 bridgehead atoms. The van der Waals surface area contributed by atoms with Crippen molar-refractivity contribution < 1.29 is 46.1 Å². The molecule has 40 heavy (non-hydrogen) atoms. The molecule has 8 nitrogen and oxygen atoms in total. The second-order valence-electron chi connectivity index (χ2n) is 9.47. The average Bonchev–Trinajstić information content (AvgIpc) is 2.86. The highest BCUT2D eigenvalue weighted by molar-refractivity contribution is 7.99. The van der Waals surface area contributed by atoms with E-state index in [9.17, 15) is 46.1 Å². The zero-order valence-corrected chi connectivity index (χ0v) is 22.0. The third-order valence-corrected chi connectivity index (χ3v) is 8.92. The van der Waals surface area contributed by atoms with E-state index in [2.05, 4.69) is 21.3 Å². The molecular weight excluding hydrogens is 586 g/mol. The van der Waals surface area contributed by atoms with Crippen molar-refractivity contribution in [3.8, 4) is 0 Å². The number of halogens is 6. The summed E-state index contributed by atoms with van der Waals surface area (Å²) in [5, 5.41) is 30.9. The van der Waals surface area contributed by atoms with E-state index in [0.29, 0.717) is 28.6 Å². The molecule has 0 aliphatic carbocycles. The standard InChI is InChI=1S/2C12H11F3N2O2S/c13-12(14,15)11(19)5-10(18)17-7-4-8-9(3-6(7)11)20-2-1-16-8;13-12(14,15)11(19)5-8(18)17-6-1-2-7-10(9(6)11)16-3-4-20-7/h3-4,16,19H,1-2,5H2,(H,17,18);1-2,16,19H,3-5H2,(H,17,18). The molecule has 6 rings (SSSR count).